The van der Waals surface area contributed by atoms with Crippen LogP contribution < -0.4 is 20.3 Å². The van der Waals surface area contributed by atoms with Crippen LogP contribution in [0, 0.1) is 5.41 Å². The van der Waals surface area contributed by atoms with E-state index in [9.17, 15) is 18.0 Å². The van der Waals surface area contributed by atoms with E-state index in [1.807, 2.05) is 12.1 Å². The van der Waals surface area contributed by atoms with E-state index in [0.717, 1.165) is 50.4 Å². The molecule has 3 aromatic rings. The summed E-state index contributed by atoms with van der Waals surface area (Å²) in [5, 5.41) is 23.7. The second-order valence-electron chi connectivity index (χ2n) is 10.8. The smallest absolute Gasteiger partial charge is 0.406 e. The molecule has 0 radical (unpaired) electrons. The van der Waals surface area contributed by atoms with Crippen molar-refractivity contribution >= 4 is 33.3 Å². The summed E-state index contributed by atoms with van der Waals surface area (Å²) >= 11 is 1.29. The summed E-state index contributed by atoms with van der Waals surface area (Å²) in [6.45, 7) is 4.24. The number of amides is 1. The lowest BCUT2D eigenvalue weighted by Gasteiger charge is -2.47. The summed E-state index contributed by atoms with van der Waals surface area (Å²) in [6.07, 6.45) is -1.37. The first-order valence-corrected chi connectivity index (χ1v) is 14.1. The minimum absolute atomic E-state index is 0.0364. The highest BCUT2D eigenvalue weighted by molar-refractivity contribution is 7.19. The van der Waals surface area contributed by atoms with E-state index in [4.69, 9.17) is 4.74 Å². The summed E-state index contributed by atoms with van der Waals surface area (Å²) < 4.78 is 47.5. The number of carbonyl (C=O) groups is 1. The first-order valence-electron chi connectivity index (χ1n) is 13.3. The van der Waals surface area contributed by atoms with Crippen molar-refractivity contribution in [1.82, 2.24) is 25.3 Å². The standard InChI is InChI=1S/C26H29F3N8O3S/c27-26(28,29)40-19-4-1-3-17(9-19)12-36-14-25(15-36)11-20(39-16-25)10-22(38)32-24-35-34-23(41-24)31-18-6-8-37(13-18)21-5-2-7-30-33-21/h1-5,7,9,18,20H,6,8,10-16H2,(H,31,34)(H,32,35,38)/t18-,20+/m1/s1. The number of halogens is 3. The lowest BCUT2D eigenvalue weighted by molar-refractivity contribution is -0.274. The lowest BCUT2D eigenvalue weighted by atomic mass is 9.77. The molecule has 41 heavy (non-hydrogen) atoms. The third kappa shape index (κ3) is 7.02. The zero-order chi connectivity index (χ0) is 28.5. The van der Waals surface area contributed by atoms with Gasteiger partial charge in [-0.25, -0.2) is 0 Å². The molecule has 1 spiro atoms. The maximum atomic E-state index is 12.7. The number of hydrogen-bond donors (Lipinski definition) is 2. The third-order valence-corrected chi connectivity index (χ3v) is 8.19. The molecule has 1 aromatic carbocycles. The third-order valence-electron chi connectivity index (χ3n) is 7.42. The fraction of sp³-hybridized carbons (Fsp3) is 0.500. The van der Waals surface area contributed by atoms with Crippen LogP contribution in [-0.2, 0) is 16.1 Å². The van der Waals surface area contributed by atoms with Gasteiger partial charge in [-0.05, 0) is 42.7 Å². The molecule has 218 valence electrons. The van der Waals surface area contributed by atoms with Crippen LogP contribution >= 0.6 is 11.3 Å². The van der Waals surface area contributed by atoms with Gasteiger partial charge in [-0.1, -0.05) is 23.5 Å². The Morgan fingerprint density at radius 3 is 2.83 bits per heavy atom. The van der Waals surface area contributed by atoms with Crippen LogP contribution in [0.3, 0.4) is 0 Å². The molecule has 3 aliphatic rings. The number of aromatic nitrogens is 4. The summed E-state index contributed by atoms with van der Waals surface area (Å²) in [5.41, 5.74) is 0.712. The average molecular weight is 591 g/mol. The van der Waals surface area contributed by atoms with Gasteiger partial charge in [-0.15, -0.1) is 28.5 Å². The Bertz CT molecular complexity index is 1350. The highest BCUT2D eigenvalue weighted by Crippen LogP contribution is 2.42. The molecule has 2 N–H and O–H groups in total. The molecule has 0 saturated carbocycles. The molecule has 0 aliphatic carbocycles. The number of alkyl halides is 3. The fourth-order valence-electron chi connectivity index (χ4n) is 5.79. The highest BCUT2D eigenvalue weighted by Gasteiger charge is 2.49. The van der Waals surface area contributed by atoms with Gasteiger partial charge < -0.3 is 25.0 Å². The van der Waals surface area contributed by atoms with Crippen molar-refractivity contribution in [3.05, 3.63) is 48.2 Å². The summed E-state index contributed by atoms with van der Waals surface area (Å²) in [7, 11) is 0. The SMILES string of the molecule is O=C(C[C@H]1CC2(CO1)CN(Cc1cccc(OC(F)(F)F)c1)C2)Nc1nnc(N[C@@H]2CCN(c3cccnn3)C2)s1. The second-order valence-corrected chi connectivity index (χ2v) is 11.8. The molecule has 0 unspecified atom stereocenters. The van der Waals surface area contributed by atoms with E-state index >= 15 is 0 Å². The van der Waals surface area contributed by atoms with Crippen molar-refractivity contribution in [1.29, 1.82) is 0 Å². The summed E-state index contributed by atoms with van der Waals surface area (Å²) in [6, 6.07) is 10.0. The van der Waals surface area contributed by atoms with Gasteiger partial charge >= 0.3 is 6.36 Å². The fourth-order valence-corrected chi connectivity index (χ4v) is 6.53. The average Bonchev–Trinajstić information content (AvgIpc) is 3.65. The van der Waals surface area contributed by atoms with E-state index in [2.05, 4.69) is 45.6 Å². The molecule has 0 bridgehead atoms. The van der Waals surface area contributed by atoms with Gasteiger partial charge in [0.2, 0.25) is 16.2 Å². The summed E-state index contributed by atoms with van der Waals surface area (Å²) in [4.78, 5) is 17.0. The molecule has 6 rings (SSSR count). The molecule has 11 nitrogen and oxygen atoms in total. The van der Waals surface area contributed by atoms with Crippen molar-refractivity contribution in [2.75, 3.05) is 48.3 Å². The predicted octanol–water partition coefficient (Wildman–Crippen LogP) is 3.54. The molecule has 3 fully saturated rings. The molecule has 5 heterocycles. The zero-order valence-electron chi connectivity index (χ0n) is 22.0. The lowest BCUT2D eigenvalue weighted by Crippen LogP contribution is -2.56. The predicted molar refractivity (Wildman–Crippen MR) is 145 cm³/mol. The number of rotatable bonds is 9. The number of likely N-dealkylation sites (tertiary alicyclic amines) is 1. The minimum atomic E-state index is -4.71. The number of ether oxygens (including phenoxy) is 2. The van der Waals surface area contributed by atoms with Crippen LogP contribution in [0.15, 0.2) is 42.6 Å². The Hall–Kier alpha value is -3.56. The van der Waals surface area contributed by atoms with Gasteiger partial charge in [0, 0.05) is 50.4 Å². The van der Waals surface area contributed by atoms with Crippen LogP contribution in [0.4, 0.5) is 29.3 Å². The molecule has 3 saturated heterocycles. The Labute approximate surface area is 238 Å². The largest absolute Gasteiger partial charge is 0.573 e. The Morgan fingerprint density at radius 2 is 2.02 bits per heavy atom. The van der Waals surface area contributed by atoms with Crippen LogP contribution in [0.2, 0.25) is 0 Å². The van der Waals surface area contributed by atoms with Gasteiger partial charge in [0.05, 0.1) is 19.1 Å². The van der Waals surface area contributed by atoms with Gasteiger partial charge in [0.1, 0.15) is 5.75 Å². The van der Waals surface area contributed by atoms with Gasteiger partial charge in [-0.2, -0.15) is 5.10 Å². The van der Waals surface area contributed by atoms with Crippen molar-refractivity contribution in [2.45, 2.75) is 44.3 Å². The first kappa shape index (κ1) is 27.6. The first-order chi connectivity index (χ1) is 19.7. The Balaban J connectivity index is 0.920. The van der Waals surface area contributed by atoms with Crippen molar-refractivity contribution < 1.29 is 27.4 Å². The van der Waals surface area contributed by atoms with Gasteiger partial charge in [0.25, 0.3) is 0 Å². The number of benzene rings is 1. The maximum Gasteiger partial charge on any atom is 0.573 e. The van der Waals surface area contributed by atoms with E-state index in [0.29, 0.717) is 23.4 Å². The Kier molecular flexibility index (Phi) is 7.66. The zero-order valence-corrected chi connectivity index (χ0v) is 22.8. The van der Waals surface area contributed by atoms with Crippen molar-refractivity contribution in [2.24, 2.45) is 5.41 Å². The number of nitrogens with zero attached hydrogens (tertiary/aromatic N) is 6. The molecule has 1 amide bonds. The van der Waals surface area contributed by atoms with E-state index in [1.54, 1.807) is 18.3 Å². The van der Waals surface area contributed by atoms with Crippen molar-refractivity contribution in [3.8, 4) is 5.75 Å². The molecule has 2 aromatic heterocycles. The van der Waals surface area contributed by atoms with Crippen LogP contribution in [0.25, 0.3) is 0 Å². The van der Waals surface area contributed by atoms with E-state index < -0.39 is 6.36 Å². The second kappa shape index (κ2) is 11.4. The maximum absolute atomic E-state index is 12.7. The minimum Gasteiger partial charge on any atom is -0.406 e. The number of anilines is 3. The quantitative estimate of drug-likeness (QED) is 0.383. The molecule has 15 heteroatoms. The topological polar surface area (TPSA) is 118 Å². The van der Waals surface area contributed by atoms with Gasteiger partial charge in [0.15, 0.2) is 5.82 Å². The highest BCUT2D eigenvalue weighted by atomic mass is 32.1. The van der Waals surface area contributed by atoms with Crippen LogP contribution in [0.5, 0.6) is 5.75 Å². The molecular weight excluding hydrogens is 561 g/mol. The van der Waals surface area contributed by atoms with Gasteiger partial charge in [-0.3, -0.25) is 9.69 Å². The number of carbonyl (C=O) groups excluding carboxylic acids is 1. The molecule has 3 aliphatic heterocycles. The Morgan fingerprint density at radius 1 is 1.17 bits per heavy atom. The van der Waals surface area contributed by atoms with Crippen LogP contribution in [-0.4, -0.2) is 82.5 Å². The van der Waals surface area contributed by atoms with E-state index in [-0.39, 0.29) is 35.6 Å². The van der Waals surface area contributed by atoms with Crippen LogP contribution in [0.1, 0.15) is 24.8 Å². The molecule has 2 atom stereocenters. The molecular formula is C26H29F3N8O3S. The monoisotopic (exact) mass is 590 g/mol. The normalized spacial score (nSPS) is 22.1. The van der Waals surface area contributed by atoms with E-state index in [1.165, 1.54) is 23.5 Å². The van der Waals surface area contributed by atoms with Crippen molar-refractivity contribution in [3.63, 3.8) is 0 Å². The number of hydrogen-bond acceptors (Lipinski definition) is 11. The number of nitrogens with one attached hydrogen (secondary N) is 2. The summed E-state index contributed by atoms with van der Waals surface area (Å²) in [5.74, 6) is 0.446.